The van der Waals surface area contributed by atoms with Crippen molar-refractivity contribution in [3.05, 3.63) is 58.1 Å². The fraction of sp³-hybridized carbons (Fsp3) is 0.222. The molecule has 0 aromatic heterocycles. The van der Waals surface area contributed by atoms with Gasteiger partial charge in [0.1, 0.15) is 5.75 Å². The van der Waals surface area contributed by atoms with Crippen LogP contribution in [0.25, 0.3) is 0 Å². The van der Waals surface area contributed by atoms with Crippen LogP contribution in [0, 0.1) is 6.92 Å². The number of carbonyl (C=O) groups excluding carboxylic acids is 2. The molecule has 126 valence electrons. The molecule has 2 aromatic carbocycles. The van der Waals surface area contributed by atoms with E-state index in [1.807, 2.05) is 13.8 Å². The molecule has 0 fully saturated rings. The molecule has 0 bridgehead atoms. The second-order valence-corrected chi connectivity index (χ2v) is 5.46. The van der Waals surface area contributed by atoms with Gasteiger partial charge in [0.15, 0.2) is 0 Å². The molecule has 0 saturated carbocycles. The topological polar surface area (TPSA) is 64.6 Å². The molecule has 0 heterocycles. The summed E-state index contributed by atoms with van der Waals surface area (Å²) in [6, 6.07) is 9.79. The average molecular weight is 348 g/mol. The molecule has 0 atom stereocenters. The summed E-state index contributed by atoms with van der Waals surface area (Å²) in [6.45, 7) is 4.18. The molecule has 1 N–H and O–H groups in total. The first-order chi connectivity index (χ1) is 11.5. The summed E-state index contributed by atoms with van der Waals surface area (Å²) < 4.78 is 10.0. The van der Waals surface area contributed by atoms with Gasteiger partial charge in [0.25, 0.3) is 5.91 Å². The van der Waals surface area contributed by atoms with Crippen molar-refractivity contribution in [2.45, 2.75) is 13.8 Å². The van der Waals surface area contributed by atoms with Crippen LogP contribution in [0.2, 0.25) is 5.02 Å². The van der Waals surface area contributed by atoms with Gasteiger partial charge in [-0.3, -0.25) is 4.79 Å². The van der Waals surface area contributed by atoms with Crippen molar-refractivity contribution in [1.29, 1.82) is 0 Å². The quantitative estimate of drug-likeness (QED) is 0.827. The molecule has 5 nitrogen and oxygen atoms in total. The fourth-order valence-corrected chi connectivity index (χ4v) is 2.35. The van der Waals surface area contributed by atoms with Crippen LogP contribution in [0.4, 0.5) is 5.69 Å². The van der Waals surface area contributed by atoms with Crippen molar-refractivity contribution < 1.29 is 19.1 Å². The predicted molar refractivity (Wildman–Crippen MR) is 93.1 cm³/mol. The van der Waals surface area contributed by atoms with Gasteiger partial charge in [-0.05, 0) is 49.7 Å². The Kier molecular flexibility index (Phi) is 5.82. The van der Waals surface area contributed by atoms with E-state index >= 15 is 0 Å². The normalized spacial score (nSPS) is 10.2. The number of ether oxygens (including phenoxy) is 2. The van der Waals surface area contributed by atoms with E-state index in [-0.39, 0.29) is 5.91 Å². The molecule has 0 saturated heterocycles. The van der Waals surface area contributed by atoms with Crippen LogP contribution in [0.1, 0.15) is 33.2 Å². The second-order valence-electron chi connectivity index (χ2n) is 5.05. The van der Waals surface area contributed by atoms with Crippen molar-refractivity contribution in [2.75, 3.05) is 19.0 Å². The Bertz CT molecular complexity index is 774. The van der Waals surface area contributed by atoms with E-state index in [1.165, 1.54) is 7.11 Å². The fourth-order valence-electron chi connectivity index (χ4n) is 2.11. The zero-order valence-corrected chi connectivity index (χ0v) is 14.4. The number of anilines is 1. The number of amides is 1. The van der Waals surface area contributed by atoms with E-state index in [4.69, 9.17) is 16.3 Å². The number of halogens is 1. The first-order valence-corrected chi connectivity index (χ1v) is 7.76. The van der Waals surface area contributed by atoms with Crippen LogP contribution in [-0.2, 0) is 4.74 Å². The third-order valence-electron chi connectivity index (χ3n) is 3.40. The Labute approximate surface area is 145 Å². The molecule has 0 unspecified atom stereocenters. The Morgan fingerprint density at radius 1 is 1.12 bits per heavy atom. The molecule has 0 aliphatic carbocycles. The van der Waals surface area contributed by atoms with Crippen LogP contribution in [0.15, 0.2) is 36.4 Å². The van der Waals surface area contributed by atoms with E-state index in [0.717, 1.165) is 5.56 Å². The van der Waals surface area contributed by atoms with Crippen molar-refractivity contribution in [1.82, 2.24) is 0 Å². The minimum Gasteiger partial charge on any atom is -0.492 e. The lowest BCUT2D eigenvalue weighted by molar-refractivity contribution is 0.0600. The Morgan fingerprint density at radius 2 is 1.83 bits per heavy atom. The molecule has 6 heteroatoms. The number of hydrogen-bond donors (Lipinski definition) is 1. The van der Waals surface area contributed by atoms with Gasteiger partial charge in [-0.2, -0.15) is 0 Å². The highest BCUT2D eigenvalue weighted by Gasteiger charge is 2.13. The molecule has 2 aromatic rings. The largest absolute Gasteiger partial charge is 0.492 e. The summed E-state index contributed by atoms with van der Waals surface area (Å²) in [7, 11) is 1.31. The van der Waals surface area contributed by atoms with E-state index in [0.29, 0.717) is 34.2 Å². The smallest absolute Gasteiger partial charge is 0.337 e. The lowest BCUT2D eigenvalue weighted by atomic mass is 10.1. The zero-order chi connectivity index (χ0) is 17.7. The van der Waals surface area contributed by atoms with Crippen molar-refractivity contribution in [3.63, 3.8) is 0 Å². The highest BCUT2D eigenvalue weighted by molar-refractivity contribution is 6.32. The van der Waals surface area contributed by atoms with Crippen LogP contribution in [0.3, 0.4) is 0 Å². The molecule has 0 aliphatic heterocycles. The summed E-state index contributed by atoms with van der Waals surface area (Å²) in [5.41, 5.74) is 2.12. The highest BCUT2D eigenvalue weighted by Crippen LogP contribution is 2.26. The number of hydrogen-bond acceptors (Lipinski definition) is 4. The molecule has 0 spiro atoms. The van der Waals surface area contributed by atoms with Crippen LogP contribution >= 0.6 is 11.6 Å². The lowest BCUT2D eigenvalue weighted by Crippen LogP contribution is -2.14. The molecule has 0 radical (unpaired) electrons. The third-order valence-corrected chi connectivity index (χ3v) is 3.70. The lowest BCUT2D eigenvalue weighted by Gasteiger charge is -2.11. The van der Waals surface area contributed by atoms with Gasteiger partial charge >= 0.3 is 5.97 Å². The van der Waals surface area contributed by atoms with Crippen LogP contribution in [0.5, 0.6) is 5.75 Å². The Morgan fingerprint density at radius 3 is 2.46 bits per heavy atom. The number of aryl methyl sites for hydroxylation is 1. The van der Waals surface area contributed by atoms with Crippen molar-refractivity contribution >= 4 is 29.2 Å². The SMILES string of the molecule is CCOc1ccc(C(=O)Nc2cc(C(=O)OC)ccc2C)cc1Cl. The molecule has 1 amide bonds. The van der Waals surface area contributed by atoms with Crippen molar-refractivity contribution in [3.8, 4) is 5.75 Å². The molecular formula is C18H18ClNO4. The third kappa shape index (κ3) is 4.06. The van der Waals surface area contributed by atoms with Gasteiger partial charge in [-0.1, -0.05) is 17.7 Å². The summed E-state index contributed by atoms with van der Waals surface area (Å²) in [6.07, 6.45) is 0. The highest BCUT2D eigenvalue weighted by atomic mass is 35.5. The van der Waals surface area contributed by atoms with E-state index in [2.05, 4.69) is 10.1 Å². The molecular weight excluding hydrogens is 330 g/mol. The van der Waals surface area contributed by atoms with Gasteiger partial charge in [0.05, 0.1) is 24.3 Å². The number of methoxy groups -OCH3 is 1. The standard InChI is InChI=1S/C18H18ClNO4/c1-4-24-16-8-7-12(9-14(16)19)17(21)20-15-10-13(18(22)23-3)6-5-11(15)2/h5-10H,4H2,1-3H3,(H,20,21). The predicted octanol–water partition coefficient (Wildman–Crippen LogP) is 4.09. The minimum atomic E-state index is -0.463. The zero-order valence-electron chi connectivity index (χ0n) is 13.7. The molecule has 2 rings (SSSR count). The number of benzene rings is 2. The number of esters is 1. The summed E-state index contributed by atoms with van der Waals surface area (Å²) in [5, 5.41) is 3.14. The van der Waals surface area contributed by atoms with Crippen molar-refractivity contribution in [2.24, 2.45) is 0 Å². The van der Waals surface area contributed by atoms with Gasteiger partial charge < -0.3 is 14.8 Å². The average Bonchev–Trinajstić information content (AvgIpc) is 2.58. The van der Waals surface area contributed by atoms with Gasteiger partial charge in [-0.25, -0.2) is 4.79 Å². The van der Waals surface area contributed by atoms with E-state index in [1.54, 1.807) is 36.4 Å². The maximum atomic E-state index is 12.4. The summed E-state index contributed by atoms with van der Waals surface area (Å²) >= 11 is 6.11. The summed E-state index contributed by atoms with van der Waals surface area (Å²) in [4.78, 5) is 24.0. The second kappa shape index (κ2) is 7.84. The van der Waals surface area contributed by atoms with Crippen LogP contribution < -0.4 is 10.1 Å². The Balaban J connectivity index is 2.23. The van der Waals surface area contributed by atoms with E-state index < -0.39 is 5.97 Å². The molecule has 0 aliphatic rings. The molecule has 24 heavy (non-hydrogen) atoms. The number of nitrogens with one attached hydrogen (secondary N) is 1. The van der Waals surface area contributed by atoms with Gasteiger partial charge in [0, 0.05) is 11.3 Å². The summed E-state index contributed by atoms with van der Waals surface area (Å²) in [5.74, 6) is -0.265. The monoisotopic (exact) mass is 347 g/mol. The number of rotatable bonds is 5. The Hall–Kier alpha value is -2.53. The first-order valence-electron chi connectivity index (χ1n) is 7.39. The first kappa shape index (κ1) is 17.8. The van der Waals surface area contributed by atoms with Gasteiger partial charge in [-0.15, -0.1) is 0 Å². The maximum absolute atomic E-state index is 12.4. The van der Waals surface area contributed by atoms with E-state index in [9.17, 15) is 9.59 Å². The van der Waals surface area contributed by atoms with Gasteiger partial charge in [0.2, 0.25) is 0 Å². The maximum Gasteiger partial charge on any atom is 0.337 e. The number of carbonyl (C=O) groups is 2. The van der Waals surface area contributed by atoms with Crippen LogP contribution in [-0.4, -0.2) is 25.6 Å². The minimum absolute atomic E-state index is 0.329.